The van der Waals surface area contributed by atoms with Crippen LogP contribution in [0.4, 0.5) is 10.8 Å². The summed E-state index contributed by atoms with van der Waals surface area (Å²) in [6.07, 6.45) is 2.26. The van der Waals surface area contributed by atoms with Gasteiger partial charge in [0.1, 0.15) is 5.75 Å². The van der Waals surface area contributed by atoms with E-state index in [4.69, 9.17) is 4.74 Å². The van der Waals surface area contributed by atoms with Crippen molar-refractivity contribution in [1.29, 1.82) is 0 Å². The molecular formula is C16H18N4O4S3. The van der Waals surface area contributed by atoms with E-state index in [1.165, 1.54) is 27.4 Å². The summed E-state index contributed by atoms with van der Waals surface area (Å²) in [6.45, 7) is 3.79. The Morgan fingerprint density at radius 1 is 1.48 bits per heavy atom. The molecule has 0 radical (unpaired) electrons. The number of thioether (sulfide) groups is 1. The first-order valence-corrected chi connectivity index (χ1v) is 11.6. The van der Waals surface area contributed by atoms with Gasteiger partial charge in [0.2, 0.25) is 15.2 Å². The van der Waals surface area contributed by atoms with Crippen molar-refractivity contribution >= 4 is 49.8 Å². The Kier molecular flexibility index (Phi) is 6.02. The number of nitrogens with zero attached hydrogens (tertiary/aromatic N) is 3. The number of ether oxygens (including phenoxy) is 1. The first kappa shape index (κ1) is 19.6. The quantitative estimate of drug-likeness (QED) is 0.430. The summed E-state index contributed by atoms with van der Waals surface area (Å²) in [5.41, 5.74) is 0.425. The van der Waals surface area contributed by atoms with Gasteiger partial charge in [0.15, 0.2) is 10.4 Å². The molecule has 8 nitrogen and oxygen atoms in total. The number of hydrogen-bond acceptors (Lipinski definition) is 8. The van der Waals surface area contributed by atoms with E-state index in [1.807, 2.05) is 0 Å². The molecule has 2 heterocycles. The fourth-order valence-electron chi connectivity index (χ4n) is 2.49. The molecule has 1 N–H and O–H groups in total. The van der Waals surface area contributed by atoms with E-state index in [1.54, 1.807) is 30.3 Å². The van der Waals surface area contributed by atoms with Crippen LogP contribution in [0.15, 0.2) is 41.3 Å². The fraction of sp³-hybridized carbons (Fsp3) is 0.312. The van der Waals surface area contributed by atoms with E-state index in [9.17, 15) is 13.2 Å². The number of benzene rings is 1. The van der Waals surface area contributed by atoms with Crippen LogP contribution in [0, 0.1) is 0 Å². The third kappa shape index (κ3) is 4.79. The van der Waals surface area contributed by atoms with E-state index in [-0.39, 0.29) is 13.0 Å². The highest BCUT2D eigenvalue weighted by atomic mass is 32.2. The average Bonchev–Trinajstić information content (AvgIpc) is 2.95. The molecule has 11 heteroatoms. The Labute approximate surface area is 165 Å². The Balaban J connectivity index is 1.75. The van der Waals surface area contributed by atoms with Crippen LogP contribution < -0.4 is 14.4 Å². The summed E-state index contributed by atoms with van der Waals surface area (Å²) in [6, 6.07) is 6.76. The van der Waals surface area contributed by atoms with Crippen LogP contribution in [0.2, 0.25) is 0 Å². The molecule has 1 aliphatic rings. The summed E-state index contributed by atoms with van der Waals surface area (Å²) >= 11 is 2.73. The Morgan fingerprint density at radius 3 is 3.00 bits per heavy atom. The van der Waals surface area contributed by atoms with Gasteiger partial charge in [-0.15, -0.1) is 16.8 Å². The summed E-state index contributed by atoms with van der Waals surface area (Å²) < 4.78 is 32.0. The molecule has 0 saturated carbocycles. The van der Waals surface area contributed by atoms with Gasteiger partial charge in [0.05, 0.1) is 11.9 Å². The van der Waals surface area contributed by atoms with Gasteiger partial charge in [0, 0.05) is 18.7 Å². The van der Waals surface area contributed by atoms with Crippen LogP contribution in [0.3, 0.4) is 0 Å². The van der Waals surface area contributed by atoms with Crippen LogP contribution in [-0.4, -0.2) is 49.2 Å². The minimum Gasteiger partial charge on any atom is -0.478 e. The smallest absolute Gasteiger partial charge is 0.267 e. The normalized spacial score (nSPS) is 16.8. The van der Waals surface area contributed by atoms with Crippen molar-refractivity contribution in [3.05, 3.63) is 36.9 Å². The largest absolute Gasteiger partial charge is 0.478 e. The zero-order valence-electron chi connectivity index (χ0n) is 14.5. The predicted octanol–water partition coefficient (Wildman–Crippen LogP) is 2.37. The van der Waals surface area contributed by atoms with Gasteiger partial charge >= 0.3 is 0 Å². The second kappa shape index (κ2) is 8.28. The zero-order chi connectivity index (χ0) is 19.4. The van der Waals surface area contributed by atoms with Crippen molar-refractivity contribution < 1.29 is 17.9 Å². The van der Waals surface area contributed by atoms with Gasteiger partial charge < -0.3 is 4.74 Å². The molecule has 1 aromatic heterocycles. The van der Waals surface area contributed by atoms with Gasteiger partial charge in [-0.25, -0.2) is 8.42 Å². The van der Waals surface area contributed by atoms with Crippen molar-refractivity contribution in [1.82, 2.24) is 10.2 Å². The van der Waals surface area contributed by atoms with Crippen LogP contribution in [-0.2, 0) is 14.8 Å². The number of carbonyl (C=O) groups excluding carboxylic acids is 1. The molecule has 3 rings (SSSR count). The molecule has 144 valence electrons. The summed E-state index contributed by atoms with van der Waals surface area (Å²) in [4.78, 5) is 12.6. The van der Waals surface area contributed by atoms with Gasteiger partial charge in [0.25, 0.3) is 5.91 Å². The average molecular weight is 427 g/mol. The van der Waals surface area contributed by atoms with E-state index < -0.39 is 22.0 Å². The van der Waals surface area contributed by atoms with Gasteiger partial charge in [-0.05, 0) is 12.1 Å². The Bertz CT molecular complexity index is 945. The lowest BCUT2D eigenvalue weighted by Gasteiger charge is -2.20. The number of sulfonamides is 1. The summed E-state index contributed by atoms with van der Waals surface area (Å²) in [5, 5.41) is 11.0. The number of fused-ring (bicyclic) bond motifs is 1. The molecule has 2 aromatic rings. The lowest BCUT2D eigenvalue weighted by Crippen LogP contribution is -2.35. The molecule has 0 aliphatic carbocycles. The SMILES string of the molecule is C=CCSc1nnc(NC(=O)[C@H]2CCN(S(C)(=O)=O)c3ccccc3O2)s1. The molecule has 1 amide bonds. The lowest BCUT2D eigenvalue weighted by atomic mass is 10.2. The van der Waals surface area contributed by atoms with Gasteiger partial charge in [-0.2, -0.15) is 0 Å². The van der Waals surface area contributed by atoms with Crippen LogP contribution in [0.1, 0.15) is 6.42 Å². The van der Waals surface area contributed by atoms with Crippen molar-refractivity contribution in [2.45, 2.75) is 16.9 Å². The number of nitrogens with one attached hydrogen (secondary N) is 1. The standard InChI is InChI=1S/C16H18N4O4S3/c1-3-10-25-16-19-18-15(26-16)17-14(21)13-8-9-20(27(2,22)23)11-6-4-5-7-12(11)24-13/h3-7,13H,1,8-10H2,2H3,(H,17,18,21)/t13-/m1/s1. The third-order valence-electron chi connectivity index (χ3n) is 3.65. The number of para-hydroxylation sites is 2. The molecule has 0 unspecified atom stereocenters. The Hall–Kier alpha value is -2.11. The first-order chi connectivity index (χ1) is 12.9. The number of rotatable bonds is 6. The molecule has 0 spiro atoms. The molecule has 27 heavy (non-hydrogen) atoms. The second-order valence-electron chi connectivity index (χ2n) is 5.66. The maximum absolute atomic E-state index is 12.6. The van der Waals surface area contributed by atoms with Gasteiger partial charge in [-0.3, -0.25) is 14.4 Å². The zero-order valence-corrected chi connectivity index (χ0v) is 16.9. The number of aromatic nitrogens is 2. The number of anilines is 2. The van der Waals surface area contributed by atoms with Crippen molar-refractivity contribution in [2.75, 3.05) is 28.2 Å². The second-order valence-corrected chi connectivity index (χ2v) is 9.81. The van der Waals surface area contributed by atoms with Crippen LogP contribution >= 0.6 is 23.1 Å². The summed E-state index contributed by atoms with van der Waals surface area (Å²) in [7, 11) is -3.49. The maximum atomic E-state index is 12.6. The summed E-state index contributed by atoms with van der Waals surface area (Å²) in [5.74, 6) is 0.656. The van der Waals surface area contributed by atoms with Crippen molar-refractivity contribution in [3.63, 3.8) is 0 Å². The van der Waals surface area contributed by atoms with E-state index in [2.05, 4.69) is 22.1 Å². The molecule has 1 aromatic carbocycles. The van der Waals surface area contributed by atoms with Gasteiger partial charge in [-0.1, -0.05) is 41.3 Å². The monoisotopic (exact) mass is 426 g/mol. The Morgan fingerprint density at radius 2 is 2.26 bits per heavy atom. The highest BCUT2D eigenvalue weighted by molar-refractivity contribution is 8.01. The fourth-order valence-corrected chi connectivity index (χ4v) is 4.95. The highest BCUT2D eigenvalue weighted by Crippen LogP contribution is 2.34. The maximum Gasteiger partial charge on any atom is 0.267 e. The number of hydrogen-bond donors (Lipinski definition) is 1. The van der Waals surface area contributed by atoms with Crippen molar-refractivity contribution in [3.8, 4) is 5.75 Å². The molecular weight excluding hydrogens is 408 g/mol. The topological polar surface area (TPSA) is 101 Å². The molecule has 0 bridgehead atoms. The van der Waals surface area contributed by atoms with E-state index in [0.29, 0.717) is 22.3 Å². The molecule has 1 atom stereocenters. The van der Waals surface area contributed by atoms with Crippen LogP contribution in [0.5, 0.6) is 5.75 Å². The molecule has 0 saturated heterocycles. The van der Waals surface area contributed by atoms with E-state index in [0.717, 1.165) is 10.6 Å². The molecule has 0 fully saturated rings. The lowest BCUT2D eigenvalue weighted by molar-refractivity contribution is -0.122. The number of amides is 1. The minimum atomic E-state index is -3.49. The third-order valence-corrected chi connectivity index (χ3v) is 6.80. The van der Waals surface area contributed by atoms with E-state index >= 15 is 0 Å². The predicted molar refractivity (Wildman–Crippen MR) is 107 cm³/mol. The minimum absolute atomic E-state index is 0.143. The number of carbonyl (C=O) groups is 1. The first-order valence-electron chi connectivity index (χ1n) is 8.00. The highest BCUT2D eigenvalue weighted by Gasteiger charge is 2.31. The molecule has 1 aliphatic heterocycles. The van der Waals surface area contributed by atoms with Crippen molar-refractivity contribution in [2.24, 2.45) is 0 Å². The van der Waals surface area contributed by atoms with Crippen LogP contribution in [0.25, 0.3) is 0 Å².